The number of nitrogens with zero attached hydrogens (tertiary/aromatic N) is 3. The second-order valence-electron chi connectivity index (χ2n) is 16.6. The number of nitrogens with one attached hydrogen (secondary N) is 3. The Bertz CT molecular complexity index is 2450. The molecule has 3 aromatic carbocycles. The Labute approximate surface area is 344 Å². The van der Waals surface area contributed by atoms with Gasteiger partial charge in [0.2, 0.25) is 0 Å². The Morgan fingerprint density at radius 3 is 2.44 bits per heavy atom. The normalized spacial score (nSPS) is 21.7. The van der Waals surface area contributed by atoms with Gasteiger partial charge in [-0.15, -0.1) is 0 Å². The van der Waals surface area contributed by atoms with E-state index in [1.54, 1.807) is 24.5 Å². The third-order valence-corrected chi connectivity index (χ3v) is 14.1. The average molecular weight is 819 g/mol. The molecule has 0 spiro atoms. The van der Waals surface area contributed by atoms with E-state index in [1.165, 1.54) is 48.9 Å². The summed E-state index contributed by atoms with van der Waals surface area (Å²) in [5.74, 6) is 0.926. The van der Waals surface area contributed by atoms with Gasteiger partial charge in [0.25, 0.3) is 21.6 Å². The molecule has 4 heterocycles. The lowest BCUT2D eigenvalue weighted by Crippen LogP contribution is -2.37. The van der Waals surface area contributed by atoms with Crippen molar-refractivity contribution in [1.82, 2.24) is 19.6 Å². The monoisotopic (exact) mass is 818 g/mol. The van der Waals surface area contributed by atoms with Crippen LogP contribution in [-0.4, -0.2) is 66.5 Å². The van der Waals surface area contributed by atoms with Crippen LogP contribution in [0.5, 0.6) is 11.5 Å². The number of likely N-dealkylation sites (tertiary alicyclic amines) is 1. The van der Waals surface area contributed by atoms with Gasteiger partial charge in [-0.2, -0.15) is 0 Å². The van der Waals surface area contributed by atoms with Crippen molar-refractivity contribution < 1.29 is 27.6 Å². The molecule has 2 saturated carbocycles. The van der Waals surface area contributed by atoms with E-state index in [2.05, 4.69) is 49.2 Å². The fourth-order valence-electron chi connectivity index (χ4n) is 9.35. The van der Waals surface area contributed by atoms with Gasteiger partial charge in [0.1, 0.15) is 22.8 Å². The summed E-state index contributed by atoms with van der Waals surface area (Å²) >= 11 is 0. The highest BCUT2D eigenvalue weighted by Crippen LogP contribution is 2.45. The van der Waals surface area contributed by atoms with Crippen LogP contribution >= 0.6 is 0 Å². The fraction of sp³-hybridized carbons (Fsp3) is 0.422. The molecule has 3 N–H and O–H groups in total. The number of hydrogen-bond donors (Lipinski definition) is 3. The quantitative estimate of drug-likeness (QED) is 0.0770. The van der Waals surface area contributed by atoms with Gasteiger partial charge in [0.15, 0.2) is 0 Å². The number of pyridine rings is 1. The number of aromatic amines is 1. The molecule has 5 aromatic rings. The highest BCUT2D eigenvalue weighted by molar-refractivity contribution is 7.90. The maximum absolute atomic E-state index is 13.9. The summed E-state index contributed by atoms with van der Waals surface area (Å²) in [6.07, 6.45) is 14.1. The molecule has 59 heavy (non-hydrogen) atoms. The lowest BCUT2D eigenvalue weighted by Gasteiger charge is -2.38. The fourth-order valence-corrected chi connectivity index (χ4v) is 10.3. The second kappa shape index (κ2) is 16.7. The van der Waals surface area contributed by atoms with Crippen LogP contribution in [-0.2, 0) is 14.8 Å². The number of carbonyl (C=O) groups excluding carboxylic acids is 1. The van der Waals surface area contributed by atoms with Gasteiger partial charge in [-0.1, -0.05) is 30.3 Å². The topological polar surface area (TPSA) is 169 Å². The average Bonchev–Trinajstić information content (AvgIpc) is 3.80. The molecule has 0 unspecified atom stereocenters. The molecular weight excluding hydrogens is 769 g/mol. The molecule has 2 aliphatic heterocycles. The van der Waals surface area contributed by atoms with Gasteiger partial charge in [0, 0.05) is 49.5 Å². The SMILES string of the molecule is O=C(NS(=O)(=O)c1ccc(NCC2CCOCC2)c([N+](=O)[O-])c1)c1ccc(C2CCC(N3CCC[C@@H]3c3cccc(C4CC4)c3)CC2)cc1Oc1cnc2[nH]ccc2c1. The maximum atomic E-state index is 13.9. The van der Waals surface area contributed by atoms with Crippen LogP contribution in [0.15, 0.2) is 90.1 Å². The molecule has 2 aliphatic carbocycles. The van der Waals surface area contributed by atoms with Crippen molar-refractivity contribution in [2.45, 2.75) is 93.0 Å². The van der Waals surface area contributed by atoms with E-state index in [0.29, 0.717) is 43.2 Å². The van der Waals surface area contributed by atoms with E-state index in [-0.39, 0.29) is 28.8 Å². The Balaban J connectivity index is 0.926. The van der Waals surface area contributed by atoms with Gasteiger partial charge in [0.05, 0.1) is 21.6 Å². The van der Waals surface area contributed by atoms with Gasteiger partial charge in [-0.05, 0) is 142 Å². The molecule has 308 valence electrons. The number of amides is 1. The van der Waals surface area contributed by atoms with E-state index < -0.39 is 31.4 Å². The molecule has 9 rings (SSSR count). The van der Waals surface area contributed by atoms with Crippen LogP contribution < -0.4 is 14.8 Å². The first-order chi connectivity index (χ1) is 28.7. The largest absolute Gasteiger partial charge is 0.455 e. The summed E-state index contributed by atoms with van der Waals surface area (Å²) < 4.78 is 41.2. The van der Waals surface area contributed by atoms with E-state index in [9.17, 15) is 23.3 Å². The number of fused-ring (bicyclic) bond motifs is 1. The van der Waals surface area contributed by atoms with E-state index in [4.69, 9.17) is 9.47 Å². The van der Waals surface area contributed by atoms with E-state index >= 15 is 0 Å². The minimum atomic E-state index is -4.53. The van der Waals surface area contributed by atoms with Crippen molar-refractivity contribution in [3.63, 3.8) is 0 Å². The summed E-state index contributed by atoms with van der Waals surface area (Å²) in [6.45, 7) is 2.88. The lowest BCUT2D eigenvalue weighted by atomic mass is 9.80. The summed E-state index contributed by atoms with van der Waals surface area (Å²) in [7, 11) is -4.53. The van der Waals surface area contributed by atoms with Crippen LogP contribution in [0, 0.1) is 16.0 Å². The highest BCUT2D eigenvalue weighted by Gasteiger charge is 2.36. The third-order valence-electron chi connectivity index (χ3n) is 12.8. The molecule has 4 aliphatic rings. The summed E-state index contributed by atoms with van der Waals surface area (Å²) in [5.41, 5.74) is 4.46. The lowest BCUT2D eigenvalue weighted by molar-refractivity contribution is -0.384. The van der Waals surface area contributed by atoms with Crippen molar-refractivity contribution in [3.8, 4) is 11.5 Å². The molecular formula is C45H50N6O7S. The molecule has 1 atom stereocenters. The summed E-state index contributed by atoms with van der Waals surface area (Å²) in [5, 5.41) is 16.0. The number of sulfonamides is 1. The molecule has 13 nitrogen and oxygen atoms in total. The zero-order valence-corrected chi connectivity index (χ0v) is 33.8. The molecule has 0 bridgehead atoms. The van der Waals surface area contributed by atoms with Crippen molar-refractivity contribution in [2.75, 3.05) is 31.6 Å². The predicted molar refractivity (Wildman–Crippen MR) is 224 cm³/mol. The summed E-state index contributed by atoms with van der Waals surface area (Å²) in [6, 6.07) is 22.9. The van der Waals surface area contributed by atoms with Gasteiger partial charge in [-0.3, -0.25) is 19.8 Å². The van der Waals surface area contributed by atoms with E-state index in [1.807, 2.05) is 18.2 Å². The Hall–Kier alpha value is -5.31. The zero-order chi connectivity index (χ0) is 40.5. The molecule has 14 heteroatoms. The number of nitro benzene ring substituents is 1. The maximum Gasteiger partial charge on any atom is 0.293 e. The number of anilines is 1. The standard InChI is InChI=1S/C45H50N6O7S/c52-45(49-59(55,56)38-13-15-40(42(26-38)51(53)54)47-27-29-17-21-57-22-18-29)39-14-10-33(25-43(39)58-37-24-35-16-19-46-44(35)48-28-37)31-8-11-36(12-9-31)50-20-2-5-41(50)34-4-1-3-32(23-34)30-6-7-30/h1,3-4,10,13-16,19,23-26,28-31,36,41,47H,2,5-9,11-12,17-18,20-22,27H2,(H,46,48)(H,49,52)/t31?,36?,41-/m1/s1. The first-order valence-corrected chi connectivity index (χ1v) is 22.4. The number of H-pyrrole nitrogens is 1. The molecule has 2 aromatic heterocycles. The van der Waals surface area contributed by atoms with E-state index in [0.717, 1.165) is 68.0 Å². The number of carbonyl (C=O) groups is 1. The van der Waals surface area contributed by atoms with Crippen molar-refractivity contribution >= 4 is 38.3 Å². The minimum Gasteiger partial charge on any atom is -0.455 e. The molecule has 2 saturated heterocycles. The number of aromatic nitrogens is 2. The second-order valence-corrected chi connectivity index (χ2v) is 18.3. The first-order valence-electron chi connectivity index (χ1n) is 21.0. The van der Waals surface area contributed by atoms with Gasteiger partial charge >= 0.3 is 0 Å². The Kier molecular flexibility index (Phi) is 11.1. The van der Waals surface area contributed by atoms with Crippen LogP contribution in [0.25, 0.3) is 11.0 Å². The van der Waals surface area contributed by atoms with Gasteiger partial charge in [-0.25, -0.2) is 18.1 Å². The van der Waals surface area contributed by atoms with Crippen LogP contribution in [0.4, 0.5) is 11.4 Å². The first kappa shape index (κ1) is 39.2. The number of rotatable bonds is 13. The number of benzene rings is 3. The van der Waals surface area contributed by atoms with Crippen molar-refractivity contribution in [3.05, 3.63) is 118 Å². The number of nitro groups is 1. The highest BCUT2D eigenvalue weighted by atomic mass is 32.2. The van der Waals surface area contributed by atoms with Crippen molar-refractivity contribution in [2.24, 2.45) is 5.92 Å². The summed E-state index contributed by atoms with van der Waals surface area (Å²) in [4.78, 5) is 35.2. The minimum absolute atomic E-state index is 0.0118. The zero-order valence-electron chi connectivity index (χ0n) is 33.0. The Morgan fingerprint density at radius 2 is 1.66 bits per heavy atom. The third kappa shape index (κ3) is 8.71. The number of ether oxygens (including phenoxy) is 2. The van der Waals surface area contributed by atoms with Crippen LogP contribution in [0.3, 0.4) is 0 Å². The Morgan fingerprint density at radius 1 is 0.898 bits per heavy atom. The van der Waals surface area contributed by atoms with Crippen LogP contribution in [0.2, 0.25) is 0 Å². The van der Waals surface area contributed by atoms with Gasteiger partial charge < -0.3 is 19.8 Å². The molecule has 0 radical (unpaired) electrons. The predicted octanol–water partition coefficient (Wildman–Crippen LogP) is 8.96. The smallest absolute Gasteiger partial charge is 0.293 e. The molecule has 4 fully saturated rings. The molecule has 1 amide bonds. The number of hydrogen-bond acceptors (Lipinski definition) is 10. The van der Waals surface area contributed by atoms with Crippen LogP contribution in [0.1, 0.15) is 109 Å². The van der Waals surface area contributed by atoms with Crippen molar-refractivity contribution in [1.29, 1.82) is 0 Å².